The summed E-state index contributed by atoms with van der Waals surface area (Å²) >= 11 is 1.76. The highest BCUT2D eigenvalue weighted by Gasteiger charge is 2.19. The molecule has 0 atom stereocenters. The van der Waals surface area contributed by atoms with Crippen LogP contribution < -0.4 is 5.32 Å². The number of nitrogens with zero attached hydrogens (tertiary/aromatic N) is 1. The van der Waals surface area contributed by atoms with Crippen LogP contribution in [-0.4, -0.2) is 11.5 Å². The van der Waals surface area contributed by atoms with Crippen LogP contribution in [0.15, 0.2) is 12.1 Å². The molecule has 0 amide bonds. The van der Waals surface area contributed by atoms with Crippen LogP contribution in [0.25, 0.3) is 0 Å². The normalized spacial score (nSPS) is 15.2. The average Bonchev–Trinajstić information content (AvgIpc) is 2.25. The van der Waals surface area contributed by atoms with Gasteiger partial charge in [-0.15, -0.1) is 0 Å². The highest BCUT2D eigenvalue weighted by molar-refractivity contribution is 14.1. The van der Waals surface area contributed by atoms with Gasteiger partial charge in [-0.25, -0.2) is 4.39 Å². The zero-order valence-corrected chi connectivity index (χ0v) is 11.9. The van der Waals surface area contributed by atoms with Gasteiger partial charge in [0.15, 0.2) is 0 Å². The lowest BCUT2D eigenvalue weighted by atomic mass is 9.83. The molecular formula is C12H14FIN2O2. The number of benzene rings is 1. The first kappa shape index (κ1) is 13.5. The minimum Gasteiger partial charge on any atom is -0.379 e. The van der Waals surface area contributed by atoms with Crippen molar-refractivity contribution in [3.8, 4) is 0 Å². The maximum Gasteiger partial charge on any atom is 0.293 e. The predicted molar refractivity (Wildman–Crippen MR) is 76.2 cm³/mol. The van der Waals surface area contributed by atoms with Crippen LogP contribution in [0.5, 0.6) is 0 Å². The highest BCUT2D eigenvalue weighted by Crippen LogP contribution is 2.31. The van der Waals surface area contributed by atoms with Crippen LogP contribution in [0.3, 0.4) is 0 Å². The second-order valence-corrected chi connectivity index (χ2v) is 5.72. The number of hydrogen-bond acceptors (Lipinski definition) is 3. The summed E-state index contributed by atoms with van der Waals surface area (Å²) in [6, 6.07) is 2.47. The Morgan fingerprint density at radius 2 is 2.22 bits per heavy atom. The summed E-state index contributed by atoms with van der Waals surface area (Å²) in [5.74, 6) is 0.303. The predicted octanol–water partition coefficient (Wildman–Crippen LogP) is 3.94. The van der Waals surface area contributed by atoms with E-state index >= 15 is 0 Å². The summed E-state index contributed by atoms with van der Waals surface area (Å²) in [5.41, 5.74) is 0.214. The van der Waals surface area contributed by atoms with E-state index in [1.165, 1.54) is 31.4 Å². The molecule has 1 aliphatic rings. The largest absolute Gasteiger partial charge is 0.379 e. The van der Waals surface area contributed by atoms with Gasteiger partial charge in [-0.3, -0.25) is 10.1 Å². The fraction of sp³-hybridized carbons (Fsp3) is 0.500. The van der Waals surface area contributed by atoms with Crippen molar-refractivity contribution in [2.45, 2.75) is 25.7 Å². The molecule has 0 radical (unpaired) electrons. The van der Waals surface area contributed by atoms with Crippen LogP contribution in [0.1, 0.15) is 25.7 Å². The van der Waals surface area contributed by atoms with Crippen molar-refractivity contribution in [3.05, 3.63) is 31.6 Å². The zero-order valence-electron chi connectivity index (χ0n) is 9.79. The molecule has 1 fully saturated rings. The number of anilines is 1. The Morgan fingerprint density at radius 1 is 1.50 bits per heavy atom. The van der Waals surface area contributed by atoms with Gasteiger partial charge in [0, 0.05) is 18.7 Å². The molecule has 1 N–H and O–H groups in total. The third-order valence-electron chi connectivity index (χ3n) is 3.33. The van der Waals surface area contributed by atoms with E-state index in [4.69, 9.17) is 0 Å². The van der Waals surface area contributed by atoms with E-state index in [0.29, 0.717) is 6.54 Å². The summed E-state index contributed by atoms with van der Waals surface area (Å²) in [6.07, 6.45) is 4.75. The maximum atomic E-state index is 13.4. The molecule has 2 rings (SSSR count). The van der Waals surface area contributed by atoms with E-state index in [1.807, 2.05) is 0 Å². The topological polar surface area (TPSA) is 55.2 Å². The lowest BCUT2D eigenvalue weighted by Gasteiger charge is -2.25. The quantitative estimate of drug-likeness (QED) is 0.489. The lowest BCUT2D eigenvalue weighted by molar-refractivity contribution is -0.384. The summed E-state index contributed by atoms with van der Waals surface area (Å²) in [6.45, 7) is 0.658. The molecule has 0 saturated heterocycles. The van der Waals surface area contributed by atoms with E-state index in [-0.39, 0.29) is 14.9 Å². The van der Waals surface area contributed by atoms with Crippen LogP contribution in [0.2, 0.25) is 0 Å². The van der Waals surface area contributed by atoms with Gasteiger partial charge >= 0.3 is 0 Å². The molecule has 1 aliphatic carbocycles. The molecule has 0 aromatic heterocycles. The molecule has 4 nitrogen and oxygen atoms in total. The van der Waals surface area contributed by atoms with Gasteiger partial charge in [-0.05, 0) is 34.9 Å². The third-order valence-corrected chi connectivity index (χ3v) is 4.15. The smallest absolute Gasteiger partial charge is 0.293 e. The Bertz CT molecular complexity index is 464. The van der Waals surface area contributed by atoms with Gasteiger partial charge in [-0.2, -0.15) is 0 Å². The van der Waals surface area contributed by atoms with E-state index in [1.54, 1.807) is 22.6 Å². The summed E-state index contributed by atoms with van der Waals surface area (Å²) in [7, 11) is 0. The molecule has 6 heteroatoms. The zero-order chi connectivity index (χ0) is 13.1. The molecule has 0 aliphatic heterocycles. The van der Waals surface area contributed by atoms with E-state index in [2.05, 4.69) is 5.32 Å². The second-order valence-electron chi connectivity index (χ2n) is 4.55. The van der Waals surface area contributed by atoms with E-state index in [9.17, 15) is 14.5 Å². The van der Waals surface area contributed by atoms with Crippen molar-refractivity contribution in [2.75, 3.05) is 11.9 Å². The Balaban J connectivity index is 2.04. The molecule has 0 heterocycles. The van der Waals surface area contributed by atoms with Crippen LogP contribution in [-0.2, 0) is 0 Å². The summed E-state index contributed by atoms with van der Waals surface area (Å²) in [4.78, 5) is 10.4. The van der Waals surface area contributed by atoms with Gasteiger partial charge in [0.25, 0.3) is 5.69 Å². The number of nitrogens with one attached hydrogen (secondary N) is 1. The molecule has 1 aromatic rings. The Hall–Kier alpha value is -0.920. The van der Waals surface area contributed by atoms with Gasteiger partial charge in [0.1, 0.15) is 11.5 Å². The molecule has 1 aromatic carbocycles. The number of nitro groups is 1. The monoisotopic (exact) mass is 364 g/mol. The molecule has 98 valence electrons. The van der Waals surface area contributed by atoms with Gasteiger partial charge < -0.3 is 5.32 Å². The van der Waals surface area contributed by atoms with Crippen LogP contribution in [0.4, 0.5) is 15.8 Å². The molecule has 1 saturated carbocycles. The van der Waals surface area contributed by atoms with Crippen molar-refractivity contribution < 1.29 is 9.31 Å². The third kappa shape index (κ3) is 3.09. The standard InChI is InChI=1S/C12H14FIN2O2/c13-9-6-11(12(16(17)18)7-10(9)14)15-5-4-8-2-1-3-8/h6-8,15H,1-5H2. The Morgan fingerprint density at radius 3 is 2.78 bits per heavy atom. The fourth-order valence-corrected chi connectivity index (χ4v) is 2.47. The van der Waals surface area contributed by atoms with E-state index < -0.39 is 10.7 Å². The highest BCUT2D eigenvalue weighted by atomic mass is 127. The first-order valence-electron chi connectivity index (χ1n) is 5.95. The first-order valence-corrected chi connectivity index (χ1v) is 7.03. The Kier molecular flexibility index (Phi) is 4.36. The first-order chi connectivity index (χ1) is 8.58. The van der Waals surface area contributed by atoms with Gasteiger partial charge in [0.05, 0.1) is 8.49 Å². The van der Waals surface area contributed by atoms with Crippen molar-refractivity contribution in [1.82, 2.24) is 0 Å². The van der Waals surface area contributed by atoms with Crippen LogP contribution >= 0.6 is 22.6 Å². The summed E-state index contributed by atoms with van der Waals surface area (Å²) in [5, 5.41) is 13.9. The lowest BCUT2D eigenvalue weighted by Crippen LogP contribution is -2.16. The molecule has 0 bridgehead atoms. The fourth-order valence-electron chi connectivity index (χ4n) is 2.02. The minimum atomic E-state index is -0.479. The molecule has 0 spiro atoms. The van der Waals surface area contributed by atoms with E-state index in [0.717, 1.165) is 12.3 Å². The van der Waals surface area contributed by atoms with Gasteiger partial charge in [-0.1, -0.05) is 19.3 Å². The van der Waals surface area contributed by atoms with Crippen molar-refractivity contribution in [3.63, 3.8) is 0 Å². The number of halogens is 2. The maximum absolute atomic E-state index is 13.4. The second kappa shape index (κ2) is 5.81. The average molecular weight is 364 g/mol. The van der Waals surface area contributed by atoms with Crippen molar-refractivity contribution >= 4 is 34.0 Å². The number of nitro benzene ring substituents is 1. The van der Waals surface area contributed by atoms with Gasteiger partial charge in [0.2, 0.25) is 0 Å². The number of rotatable bonds is 5. The molecule has 18 heavy (non-hydrogen) atoms. The van der Waals surface area contributed by atoms with Crippen LogP contribution in [0, 0.1) is 25.4 Å². The summed E-state index contributed by atoms with van der Waals surface area (Å²) < 4.78 is 13.7. The van der Waals surface area contributed by atoms with Crippen molar-refractivity contribution in [1.29, 1.82) is 0 Å². The molecule has 0 unspecified atom stereocenters. The minimum absolute atomic E-state index is 0.0607. The SMILES string of the molecule is O=[N+]([O-])c1cc(I)c(F)cc1NCCC1CCC1. The van der Waals surface area contributed by atoms with Crippen molar-refractivity contribution in [2.24, 2.45) is 5.92 Å². The molecular weight excluding hydrogens is 350 g/mol. The Labute approximate surface area is 118 Å². The number of hydrogen-bond donors (Lipinski definition) is 1.